The number of hydrogen-bond donors (Lipinski definition) is 1. The van der Waals surface area contributed by atoms with Gasteiger partial charge in [-0.05, 0) is 24.6 Å². The van der Waals surface area contributed by atoms with Crippen molar-refractivity contribution in [2.75, 3.05) is 18.4 Å². The molecule has 2 aromatic rings. The maximum atomic E-state index is 13.0. The van der Waals surface area contributed by atoms with E-state index in [9.17, 15) is 9.59 Å². The number of benzene rings is 1. The molecule has 1 aromatic carbocycles. The quantitative estimate of drug-likeness (QED) is 0.667. The lowest BCUT2D eigenvalue weighted by atomic mass is 9.92. The SMILES string of the molecule is CCCCN(CC(=O)Nc1cc(C(C)(C)C)nn1C)C(=O)c1cc(Cl)cc(Cl)c1. The second-order valence-corrected chi connectivity index (χ2v) is 8.95. The Morgan fingerprint density at radius 3 is 2.28 bits per heavy atom. The van der Waals surface area contributed by atoms with Gasteiger partial charge in [-0.1, -0.05) is 57.3 Å². The van der Waals surface area contributed by atoms with Crippen LogP contribution in [-0.4, -0.2) is 39.6 Å². The molecule has 0 aliphatic rings. The Morgan fingerprint density at radius 1 is 1.14 bits per heavy atom. The van der Waals surface area contributed by atoms with Gasteiger partial charge in [0.1, 0.15) is 12.4 Å². The van der Waals surface area contributed by atoms with Gasteiger partial charge in [-0.15, -0.1) is 0 Å². The molecule has 0 atom stereocenters. The van der Waals surface area contributed by atoms with Gasteiger partial charge in [0.2, 0.25) is 5.91 Å². The summed E-state index contributed by atoms with van der Waals surface area (Å²) < 4.78 is 1.63. The van der Waals surface area contributed by atoms with E-state index >= 15 is 0 Å². The number of anilines is 1. The Balaban J connectivity index is 2.16. The number of hydrogen-bond acceptors (Lipinski definition) is 3. The van der Waals surface area contributed by atoms with E-state index in [1.54, 1.807) is 29.9 Å². The van der Waals surface area contributed by atoms with Gasteiger partial charge in [0, 0.05) is 40.7 Å². The zero-order valence-corrected chi connectivity index (χ0v) is 19.1. The van der Waals surface area contributed by atoms with Gasteiger partial charge in [-0.25, -0.2) is 0 Å². The Bertz CT molecular complexity index is 867. The molecule has 6 nitrogen and oxygen atoms in total. The fraction of sp³-hybridized carbons (Fsp3) is 0.476. The van der Waals surface area contributed by atoms with Gasteiger partial charge in [-0.3, -0.25) is 14.3 Å². The van der Waals surface area contributed by atoms with Crippen molar-refractivity contribution in [3.63, 3.8) is 0 Å². The van der Waals surface area contributed by atoms with Crippen LogP contribution in [0.2, 0.25) is 10.0 Å². The van der Waals surface area contributed by atoms with Crippen LogP contribution in [0.3, 0.4) is 0 Å². The first-order valence-corrected chi connectivity index (χ1v) is 10.4. The first-order chi connectivity index (χ1) is 13.5. The lowest BCUT2D eigenvalue weighted by Crippen LogP contribution is -2.39. The molecule has 8 heteroatoms. The molecule has 2 amide bonds. The van der Waals surface area contributed by atoms with Crippen molar-refractivity contribution in [3.05, 3.63) is 45.6 Å². The highest BCUT2D eigenvalue weighted by atomic mass is 35.5. The van der Waals surface area contributed by atoms with Gasteiger partial charge in [0.25, 0.3) is 5.91 Å². The summed E-state index contributed by atoms with van der Waals surface area (Å²) in [6.07, 6.45) is 1.69. The normalized spacial score (nSPS) is 11.4. The second kappa shape index (κ2) is 9.63. The van der Waals surface area contributed by atoms with Crippen molar-refractivity contribution < 1.29 is 9.59 Å². The minimum atomic E-state index is -0.286. The molecule has 0 fully saturated rings. The van der Waals surface area contributed by atoms with Crippen LogP contribution >= 0.6 is 23.2 Å². The largest absolute Gasteiger partial charge is 0.329 e. The fourth-order valence-corrected chi connectivity index (χ4v) is 3.29. The van der Waals surface area contributed by atoms with E-state index in [0.717, 1.165) is 18.5 Å². The van der Waals surface area contributed by atoms with Crippen LogP contribution in [0.1, 0.15) is 56.6 Å². The van der Waals surface area contributed by atoms with E-state index in [4.69, 9.17) is 23.2 Å². The minimum absolute atomic E-state index is 0.0704. The van der Waals surface area contributed by atoms with E-state index in [-0.39, 0.29) is 23.8 Å². The standard InChI is InChI=1S/C21H28Cl2N4O2/c1-6-7-8-27(20(29)14-9-15(22)11-16(23)10-14)13-19(28)24-18-12-17(21(2,3)4)25-26(18)5/h9-12H,6-8,13H2,1-5H3,(H,24,28). The molecular weight excluding hydrogens is 411 g/mol. The van der Waals surface area contributed by atoms with Crippen LogP contribution in [-0.2, 0) is 17.3 Å². The van der Waals surface area contributed by atoms with Gasteiger partial charge in [-0.2, -0.15) is 5.10 Å². The number of halogens is 2. The topological polar surface area (TPSA) is 67.2 Å². The average molecular weight is 439 g/mol. The minimum Gasteiger partial charge on any atom is -0.329 e. The van der Waals surface area contributed by atoms with Crippen LogP contribution in [0.5, 0.6) is 0 Å². The summed E-state index contributed by atoms with van der Waals surface area (Å²) in [6, 6.07) is 6.54. The molecule has 0 saturated heterocycles. The van der Waals surface area contributed by atoms with Crippen LogP contribution in [0.4, 0.5) is 5.82 Å². The number of aromatic nitrogens is 2. The summed E-state index contributed by atoms with van der Waals surface area (Å²) in [6.45, 7) is 8.60. The Morgan fingerprint density at radius 2 is 1.76 bits per heavy atom. The smallest absolute Gasteiger partial charge is 0.254 e. The van der Waals surface area contributed by atoms with Crippen LogP contribution in [0, 0.1) is 0 Å². The molecule has 0 unspecified atom stereocenters. The van der Waals surface area contributed by atoms with Crippen molar-refractivity contribution in [3.8, 4) is 0 Å². The molecule has 0 radical (unpaired) electrons. The Kier molecular flexibility index (Phi) is 7.72. The highest BCUT2D eigenvalue weighted by Gasteiger charge is 2.22. The van der Waals surface area contributed by atoms with Gasteiger partial charge >= 0.3 is 0 Å². The third kappa shape index (κ3) is 6.47. The molecule has 158 valence electrons. The summed E-state index contributed by atoms with van der Waals surface area (Å²) in [5.74, 6) is 0.0260. The van der Waals surface area contributed by atoms with Crippen molar-refractivity contribution >= 4 is 40.8 Å². The zero-order chi connectivity index (χ0) is 21.8. The molecule has 1 N–H and O–H groups in total. The summed E-state index contributed by atoms with van der Waals surface area (Å²) >= 11 is 12.1. The van der Waals surface area contributed by atoms with E-state index in [1.807, 2.05) is 13.0 Å². The number of nitrogens with zero attached hydrogens (tertiary/aromatic N) is 3. The maximum absolute atomic E-state index is 13.0. The molecule has 0 saturated carbocycles. The van der Waals surface area contributed by atoms with Crippen LogP contribution in [0.25, 0.3) is 0 Å². The number of carbonyl (C=O) groups excluding carboxylic acids is 2. The predicted octanol–water partition coefficient (Wildman–Crippen LogP) is 4.91. The summed E-state index contributed by atoms with van der Waals surface area (Å²) in [4.78, 5) is 27.1. The lowest BCUT2D eigenvalue weighted by molar-refractivity contribution is -0.117. The first kappa shape index (κ1) is 23.2. The number of unbranched alkanes of at least 4 members (excludes halogenated alkanes) is 1. The van der Waals surface area contributed by atoms with Crippen LogP contribution < -0.4 is 5.32 Å². The molecule has 0 bridgehead atoms. The van der Waals surface area contributed by atoms with E-state index in [0.29, 0.717) is 28.0 Å². The van der Waals surface area contributed by atoms with Gasteiger partial charge in [0.15, 0.2) is 0 Å². The summed E-state index contributed by atoms with van der Waals surface area (Å²) in [5, 5.41) is 8.07. The third-order valence-electron chi connectivity index (χ3n) is 4.43. The highest BCUT2D eigenvalue weighted by molar-refractivity contribution is 6.35. The first-order valence-electron chi connectivity index (χ1n) is 9.61. The fourth-order valence-electron chi connectivity index (χ4n) is 2.77. The van der Waals surface area contributed by atoms with Crippen LogP contribution in [0.15, 0.2) is 24.3 Å². The highest BCUT2D eigenvalue weighted by Crippen LogP contribution is 2.24. The summed E-state index contributed by atoms with van der Waals surface area (Å²) in [7, 11) is 1.78. The Hall–Kier alpha value is -2.05. The van der Waals surface area contributed by atoms with E-state index < -0.39 is 0 Å². The molecule has 0 aliphatic carbocycles. The molecule has 2 rings (SSSR count). The van der Waals surface area contributed by atoms with Crippen molar-refractivity contribution in [1.29, 1.82) is 0 Å². The third-order valence-corrected chi connectivity index (χ3v) is 4.86. The number of carbonyl (C=O) groups is 2. The molecule has 29 heavy (non-hydrogen) atoms. The van der Waals surface area contributed by atoms with Crippen molar-refractivity contribution in [2.45, 2.75) is 46.0 Å². The second-order valence-electron chi connectivity index (χ2n) is 8.07. The number of nitrogens with one attached hydrogen (secondary N) is 1. The Labute approximate surface area is 182 Å². The van der Waals surface area contributed by atoms with Gasteiger partial charge in [0.05, 0.1) is 5.69 Å². The predicted molar refractivity (Wildman–Crippen MR) is 118 cm³/mol. The van der Waals surface area contributed by atoms with E-state index in [2.05, 4.69) is 31.2 Å². The molecule has 0 spiro atoms. The number of aryl methyl sites for hydroxylation is 1. The monoisotopic (exact) mass is 438 g/mol. The van der Waals surface area contributed by atoms with Gasteiger partial charge < -0.3 is 10.2 Å². The number of amides is 2. The molecule has 1 aromatic heterocycles. The maximum Gasteiger partial charge on any atom is 0.254 e. The molecular formula is C21H28Cl2N4O2. The van der Waals surface area contributed by atoms with E-state index in [1.165, 1.54) is 4.90 Å². The molecule has 1 heterocycles. The van der Waals surface area contributed by atoms with Crippen molar-refractivity contribution in [1.82, 2.24) is 14.7 Å². The molecule has 0 aliphatic heterocycles. The lowest BCUT2D eigenvalue weighted by Gasteiger charge is -2.22. The average Bonchev–Trinajstić information content (AvgIpc) is 2.98. The van der Waals surface area contributed by atoms with Crippen molar-refractivity contribution in [2.24, 2.45) is 7.05 Å². The zero-order valence-electron chi connectivity index (χ0n) is 17.6. The number of rotatable bonds is 7. The summed E-state index contributed by atoms with van der Waals surface area (Å²) in [5.41, 5.74) is 1.11.